The van der Waals surface area contributed by atoms with Crippen molar-refractivity contribution in [1.82, 2.24) is 4.98 Å². The van der Waals surface area contributed by atoms with Gasteiger partial charge in [-0.2, -0.15) is 0 Å². The summed E-state index contributed by atoms with van der Waals surface area (Å²) in [5, 5.41) is 10.5. The second-order valence-corrected chi connectivity index (χ2v) is 4.20. The Labute approximate surface area is 88.9 Å². The number of hydrogen-bond donors (Lipinski definition) is 1. The van der Waals surface area contributed by atoms with Gasteiger partial charge in [0.25, 0.3) is 0 Å². The van der Waals surface area contributed by atoms with Gasteiger partial charge in [0.1, 0.15) is 0 Å². The molecule has 0 fully saturated rings. The van der Waals surface area contributed by atoms with E-state index < -0.39 is 6.10 Å². The van der Waals surface area contributed by atoms with Gasteiger partial charge in [-0.05, 0) is 36.8 Å². The number of rotatable bonds is 1. The van der Waals surface area contributed by atoms with Crippen molar-refractivity contribution in [2.24, 2.45) is 0 Å². The largest absolute Gasteiger partial charge is 0.387 e. The molecule has 1 heterocycles. The second-order valence-electron chi connectivity index (χ2n) is 3.79. The SMILES string of the molecule is CC[C@H]1CC[C@@H](O)c2nccc(Cl)c21. The predicted octanol–water partition coefficient (Wildman–Crippen LogP) is 3.06. The molecule has 0 bridgehead atoms. The summed E-state index contributed by atoms with van der Waals surface area (Å²) >= 11 is 6.13. The van der Waals surface area contributed by atoms with E-state index in [1.54, 1.807) is 12.3 Å². The van der Waals surface area contributed by atoms with Gasteiger partial charge in [0, 0.05) is 11.2 Å². The Balaban J connectivity index is 2.51. The van der Waals surface area contributed by atoms with Crippen LogP contribution in [0.25, 0.3) is 0 Å². The quantitative estimate of drug-likeness (QED) is 0.775. The zero-order valence-electron chi connectivity index (χ0n) is 8.20. The molecule has 1 aromatic rings. The highest BCUT2D eigenvalue weighted by Crippen LogP contribution is 2.41. The van der Waals surface area contributed by atoms with Crippen molar-refractivity contribution in [3.05, 3.63) is 28.5 Å². The Morgan fingerprint density at radius 3 is 3.07 bits per heavy atom. The first kappa shape index (κ1) is 9.94. The lowest BCUT2D eigenvalue weighted by molar-refractivity contribution is 0.145. The molecule has 0 aliphatic heterocycles. The average Bonchev–Trinajstić information content (AvgIpc) is 2.20. The lowest BCUT2D eigenvalue weighted by Crippen LogP contribution is -2.16. The summed E-state index contributed by atoms with van der Waals surface area (Å²) < 4.78 is 0. The summed E-state index contributed by atoms with van der Waals surface area (Å²) in [6.45, 7) is 2.15. The molecule has 0 saturated carbocycles. The standard InChI is InChI=1S/C11H14ClNO/c1-2-7-3-4-9(14)11-10(7)8(12)5-6-13-11/h5-7,9,14H,2-4H2,1H3/t7-,9+/m0/s1. The highest BCUT2D eigenvalue weighted by atomic mass is 35.5. The summed E-state index contributed by atoms with van der Waals surface area (Å²) in [5.41, 5.74) is 1.85. The summed E-state index contributed by atoms with van der Waals surface area (Å²) in [6, 6.07) is 1.81. The van der Waals surface area contributed by atoms with E-state index in [1.807, 2.05) is 0 Å². The van der Waals surface area contributed by atoms with E-state index in [0.29, 0.717) is 5.92 Å². The van der Waals surface area contributed by atoms with Crippen LogP contribution in [-0.4, -0.2) is 10.1 Å². The van der Waals surface area contributed by atoms with Crippen molar-refractivity contribution in [3.63, 3.8) is 0 Å². The minimum atomic E-state index is -0.425. The molecule has 2 rings (SSSR count). The fourth-order valence-electron chi connectivity index (χ4n) is 2.18. The first-order chi connectivity index (χ1) is 6.74. The third-order valence-corrected chi connectivity index (χ3v) is 3.30. The highest BCUT2D eigenvalue weighted by molar-refractivity contribution is 6.31. The lowest BCUT2D eigenvalue weighted by Gasteiger charge is -2.27. The molecule has 0 unspecified atom stereocenters. The van der Waals surface area contributed by atoms with Gasteiger partial charge in [0.2, 0.25) is 0 Å². The third kappa shape index (κ3) is 1.53. The first-order valence-electron chi connectivity index (χ1n) is 5.06. The van der Waals surface area contributed by atoms with Crippen molar-refractivity contribution in [2.75, 3.05) is 0 Å². The van der Waals surface area contributed by atoms with E-state index in [1.165, 1.54) is 0 Å². The third-order valence-electron chi connectivity index (χ3n) is 2.97. The van der Waals surface area contributed by atoms with Crippen LogP contribution in [-0.2, 0) is 0 Å². The van der Waals surface area contributed by atoms with Crippen molar-refractivity contribution in [3.8, 4) is 0 Å². The molecule has 1 aliphatic rings. The highest BCUT2D eigenvalue weighted by Gasteiger charge is 2.27. The molecular formula is C11H14ClNO. The monoisotopic (exact) mass is 211 g/mol. The number of pyridine rings is 1. The van der Waals surface area contributed by atoms with E-state index in [9.17, 15) is 5.11 Å². The Morgan fingerprint density at radius 2 is 2.36 bits per heavy atom. The normalized spacial score (nSPS) is 25.9. The second kappa shape index (κ2) is 3.87. The molecule has 14 heavy (non-hydrogen) atoms. The van der Waals surface area contributed by atoms with Gasteiger partial charge in [-0.25, -0.2) is 0 Å². The molecule has 1 N–H and O–H groups in total. The number of fused-ring (bicyclic) bond motifs is 1. The maximum Gasteiger partial charge on any atom is 0.0963 e. The van der Waals surface area contributed by atoms with Crippen LogP contribution in [0.1, 0.15) is 49.5 Å². The van der Waals surface area contributed by atoms with Crippen molar-refractivity contribution >= 4 is 11.6 Å². The van der Waals surface area contributed by atoms with Crippen LogP contribution in [0.2, 0.25) is 5.02 Å². The molecule has 1 aromatic heterocycles. The zero-order chi connectivity index (χ0) is 10.1. The Morgan fingerprint density at radius 1 is 1.57 bits per heavy atom. The molecule has 1 aliphatic carbocycles. The number of aliphatic hydroxyl groups excluding tert-OH is 1. The van der Waals surface area contributed by atoms with Gasteiger partial charge < -0.3 is 5.11 Å². The van der Waals surface area contributed by atoms with E-state index in [4.69, 9.17) is 11.6 Å². The Bertz CT molecular complexity index is 340. The van der Waals surface area contributed by atoms with Gasteiger partial charge in [-0.3, -0.25) is 4.98 Å². The van der Waals surface area contributed by atoms with E-state index in [-0.39, 0.29) is 0 Å². The van der Waals surface area contributed by atoms with Crippen LogP contribution >= 0.6 is 11.6 Å². The average molecular weight is 212 g/mol. The first-order valence-corrected chi connectivity index (χ1v) is 5.44. The Kier molecular flexibility index (Phi) is 2.75. The number of aliphatic hydroxyl groups is 1. The summed E-state index contributed by atoms with van der Waals surface area (Å²) in [7, 11) is 0. The number of halogens is 1. The fourth-order valence-corrected chi connectivity index (χ4v) is 2.49. The summed E-state index contributed by atoms with van der Waals surface area (Å²) in [5.74, 6) is 0.467. The van der Waals surface area contributed by atoms with Crippen LogP contribution in [0.4, 0.5) is 0 Å². The van der Waals surface area contributed by atoms with Crippen molar-refractivity contribution in [1.29, 1.82) is 0 Å². The van der Waals surface area contributed by atoms with Gasteiger partial charge in [-0.15, -0.1) is 0 Å². The van der Waals surface area contributed by atoms with Crippen LogP contribution in [0.15, 0.2) is 12.3 Å². The fraction of sp³-hybridized carbons (Fsp3) is 0.545. The van der Waals surface area contributed by atoms with Crippen LogP contribution in [0, 0.1) is 0 Å². The van der Waals surface area contributed by atoms with Crippen molar-refractivity contribution in [2.45, 2.75) is 38.2 Å². The maximum absolute atomic E-state index is 9.78. The van der Waals surface area contributed by atoms with Gasteiger partial charge in [0.05, 0.1) is 11.8 Å². The molecular weight excluding hydrogens is 198 g/mol. The maximum atomic E-state index is 9.78. The van der Waals surface area contributed by atoms with Crippen LogP contribution in [0.3, 0.4) is 0 Å². The summed E-state index contributed by atoms with van der Waals surface area (Å²) in [6.07, 6.45) is 4.12. The molecule has 0 aromatic carbocycles. The molecule has 2 atom stereocenters. The predicted molar refractivity (Wildman–Crippen MR) is 56.5 cm³/mol. The minimum Gasteiger partial charge on any atom is -0.387 e. The summed E-state index contributed by atoms with van der Waals surface area (Å²) in [4.78, 5) is 4.22. The lowest BCUT2D eigenvalue weighted by atomic mass is 9.82. The van der Waals surface area contributed by atoms with E-state index in [0.717, 1.165) is 35.5 Å². The van der Waals surface area contributed by atoms with Gasteiger partial charge >= 0.3 is 0 Å². The molecule has 0 saturated heterocycles. The molecule has 0 radical (unpaired) electrons. The van der Waals surface area contributed by atoms with Crippen molar-refractivity contribution < 1.29 is 5.11 Å². The Hall–Kier alpha value is -0.600. The molecule has 3 heteroatoms. The number of nitrogens with zero attached hydrogens (tertiary/aromatic N) is 1. The topological polar surface area (TPSA) is 33.1 Å². The smallest absolute Gasteiger partial charge is 0.0963 e. The molecule has 2 nitrogen and oxygen atoms in total. The van der Waals surface area contributed by atoms with Gasteiger partial charge in [0.15, 0.2) is 0 Å². The molecule has 76 valence electrons. The molecule has 0 amide bonds. The van der Waals surface area contributed by atoms with Crippen LogP contribution in [0.5, 0.6) is 0 Å². The number of aromatic nitrogens is 1. The molecule has 0 spiro atoms. The van der Waals surface area contributed by atoms with E-state index in [2.05, 4.69) is 11.9 Å². The zero-order valence-corrected chi connectivity index (χ0v) is 8.96. The van der Waals surface area contributed by atoms with Gasteiger partial charge in [-0.1, -0.05) is 18.5 Å². The minimum absolute atomic E-state index is 0.425. The number of hydrogen-bond acceptors (Lipinski definition) is 2. The van der Waals surface area contributed by atoms with Crippen LogP contribution < -0.4 is 0 Å². The van der Waals surface area contributed by atoms with E-state index >= 15 is 0 Å².